The summed E-state index contributed by atoms with van der Waals surface area (Å²) in [6, 6.07) is 10.3. The van der Waals surface area contributed by atoms with E-state index in [0.29, 0.717) is 11.1 Å². The summed E-state index contributed by atoms with van der Waals surface area (Å²) in [5, 5.41) is 0. The van der Waals surface area contributed by atoms with E-state index in [1.807, 2.05) is 0 Å². The number of anilines is 1. The summed E-state index contributed by atoms with van der Waals surface area (Å²) in [6.07, 6.45) is 0. The molecule has 0 aliphatic heterocycles. The number of nitrogens with zero attached hydrogens (tertiary/aromatic N) is 2. The molecule has 0 amide bonds. The number of nitrogens with two attached hydrogens (primary N) is 1. The normalized spacial score (nSPS) is 13.1. The lowest BCUT2D eigenvalue weighted by Crippen LogP contribution is -2.06. The van der Waals surface area contributed by atoms with Crippen LogP contribution in [0.25, 0.3) is 22.5 Å². The molecule has 0 bridgehead atoms. The first kappa shape index (κ1) is 20.7. The minimum atomic E-state index is -2.76. The van der Waals surface area contributed by atoms with Crippen LogP contribution in [0.2, 0.25) is 0 Å². The highest BCUT2D eigenvalue weighted by Crippen LogP contribution is 2.35. The van der Waals surface area contributed by atoms with E-state index >= 15 is 4.39 Å². The second-order valence-electron chi connectivity index (χ2n) is 6.38. The second kappa shape index (κ2) is 8.12. The van der Waals surface area contributed by atoms with Crippen molar-refractivity contribution in [3.63, 3.8) is 0 Å². The fourth-order valence-electron chi connectivity index (χ4n) is 2.87. The van der Waals surface area contributed by atoms with Gasteiger partial charge in [-0.25, -0.2) is 23.0 Å². The summed E-state index contributed by atoms with van der Waals surface area (Å²) in [5.74, 6) is -1.05. The minimum absolute atomic E-state index is 0.0475. The lowest BCUT2D eigenvalue weighted by atomic mass is 10.0. The maximum Gasteiger partial charge on any atom is 0.221 e. The number of nitrogens with one attached hydrogen (secondary N) is 1. The molecule has 0 aliphatic rings. The first-order valence-electron chi connectivity index (χ1n) is 8.74. The third-order valence-electron chi connectivity index (χ3n) is 4.35. The Morgan fingerprint density at radius 1 is 1.14 bits per heavy atom. The largest absolute Gasteiger partial charge is 0.496 e. The van der Waals surface area contributed by atoms with Crippen molar-refractivity contribution >= 4 is 15.7 Å². The Hall–Kier alpha value is -3.07. The number of hydrogen-bond acceptors (Lipinski definition) is 6. The summed E-state index contributed by atoms with van der Waals surface area (Å²) < 4.78 is 54.0. The molecule has 1 unspecified atom stereocenters. The van der Waals surface area contributed by atoms with E-state index in [-0.39, 0.29) is 40.2 Å². The third-order valence-corrected chi connectivity index (χ3v) is 6.09. The molecule has 1 heterocycles. The molecule has 0 saturated heterocycles. The van der Waals surface area contributed by atoms with E-state index in [1.165, 1.54) is 19.2 Å². The number of aromatic nitrogens is 2. The van der Waals surface area contributed by atoms with Crippen LogP contribution in [0.3, 0.4) is 0 Å². The van der Waals surface area contributed by atoms with Crippen molar-refractivity contribution in [3.8, 4) is 28.3 Å². The Kier molecular flexibility index (Phi) is 5.78. The zero-order valence-corrected chi connectivity index (χ0v) is 16.7. The molecule has 1 atom stereocenters. The Balaban J connectivity index is 2.14. The van der Waals surface area contributed by atoms with Gasteiger partial charge in [-0.15, -0.1) is 0 Å². The first-order valence-corrected chi connectivity index (χ1v) is 10.6. The van der Waals surface area contributed by atoms with Gasteiger partial charge in [0.05, 0.1) is 12.9 Å². The van der Waals surface area contributed by atoms with Crippen LogP contribution in [0.15, 0.2) is 42.5 Å². The van der Waals surface area contributed by atoms with Crippen LogP contribution in [0.1, 0.15) is 12.5 Å². The molecule has 0 spiro atoms. The SMILES string of the molecule is CCS(=N)(=O)Cc1cccc(-c2nc(N)nc(-c3ccc(F)cc3OC)c2F)c1. The fraction of sp³-hybridized carbons (Fsp3) is 0.200. The van der Waals surface area contributed by atoms with Gasteiger partial charge in [-0.3, -0.25) is 4.78 Å². The van der Waals surface area contributed by atoms with Gasteiger partial charge in [0.25, 0.3) is 0 Å². The van der Waals surface area contributed by atoms with Crippen LogP contribution >= 0.6 is 0 Å². The monoisotopic (exact) mass is 418 g/mol. The first-order chi connectivity index (χ1) is 13.7. The number of methoxy groups -OCH3 is 1. The number of nitrogen functional groups attached to an aromatic ring is 1. The molecule has 0 fully saturated rings. The quantitative estimate of drug-likeness (QED) is 0.623. The molecule has 29 heavy (non-hydrogen) atoms. The molecular weight excluding hydrogens is 398 g/mol. The van der Waals surface area contributed by atoms with Gasteiger partial charge < -0.3 is 10.5 Å². The van der Waals surface area contributed by atoms with Gasteiger partial charge in [-0.2, -0.15) is 0 Å². The zero-order chi connectivity index (χ0) is 21.2. The zero-order valence-electron chi connectivity index (χ0n) is 15.9. The van der Waals surface area contributed by atoms with Crippen LogP contribution in [0, 0.1) is 16.4 Å². The van der Waals surface area contributed by atoms with Crippen molar-refractivity contribution in [3.05, 3.63) is 59.7 Å². The van der Waals surface area contributed by atoms with Gasteiger partial charge in [0.15, 0.2) is 5.82 Å². The molecule has 3 aromatic rings. The molecule has 9 heteroatoms. The number of hydrogen-bond donors (Lipinski definition) is 2. The van der Waals surface area contributed by atoms with Crippen LogP contribution in [0.5, 0.6) is 5.75 Å². The molecule has 0 saturated carbocycles. The predicted molar refractivity (Wildman–Crippen MR) is 109 cm³/mol. The summed E-state index contributed by atoms with van der Waals surface area (Å²) in [5.41, 5.74) is 6.91. The molecule has 6 nitrogen and oxygen atoms in total. The van der Waals surface area contributed by atoms with Crippen molar-refractivity contribution in [1.29, 1.82) is 4.78 Å². The highest BCUT2D eigenvalue weighted by molar-refractivity contribution is 7.91. The minimum Gasteiger partial charge on any atom is -0.496 e. The fourth-order valence-corrected chi connectivity index (χ4v) is 3.80. The molecule has 3 rings (SSSR count). The Morgan fingerprint density at radius 2 is 1.86 bits per heavy atom. The number of rotatable bonds is 6. The van der Waals surface area contributed by atoms with E-state index in [1.54, 1.807) is 31.2 Å². The van der Waals surface area contributed by atoms with Gasteiger partial charge in [0.1, 0.15) is 23.0 Å². The van der Waals surface area contributed by atoms with Gasteiger partial charge >= 0.3 is 0 Å². The van der Waals surface area contributed by atoms with Crippen molar-refractivity contribution in [2.75, 3.05) is 18.6 Å². The maximum absolute atomic E-state index is 15.4. The molecule has 0 radical (unpaired) electrons. The predicted octanol–water partition coefficient (Wildman–Crippen LogP) is 4.25. The van der Waals surface area contributed by atoms with Crippen LogP contribution in [0.4, 0.5) is 14.7 Å². The summed E-state index contributed by atoms with van der Waals surface area (Å²) in [6.45, 7) is 1.69. The second-order valence-corrected chi connectivity index (χ2v) is 8.87. The van der Waals surface area contributed by atoms with Gasteiger partial charge in [-0.05, 0) is 23.8 Å². The molecule has 152 valence electrons. The number of halogens is 2. The summed E-state index contributed by atoms with van der Waals surface area (Å²) in [4.78, 5) is 7.99. The molecule has 1 aromatic heterocycles. The van der Waals surface area contributed by atoms with Crippen molar-refractivity contribution < 1.29 is 17.7 Å². The summed E-state index contributed by atoms with van der Waals surface area (Å²) in [7, 11) is -1.41. The van der Waals surface area contributed by atoms with Crippen LogP contribution in [-0.2, 0) is 15.5 Å². The van der Waals surface area contributed by atoms with E-state index in [9.17, 15) is 8.60 Å². The Labute approximate surface area is 167 Å². The van der Waals surface area contributed by atoms with Crippen molar-refractivity contribution in [1.82, 2.24) is 9.97 Å². The molecule has 0 aliphatic carbocycles. The number of ether oxygens (including phenoxy) is 1. The van der Waals surface area contributed by atoms with E-state index < -0.39 is 21.4 Å². The summed E-state index contributed by atoms with van der Waals surface area (Å²) >= 11 is 0. The number of benzene rings is 2. The maximum atomic E-state index is 15.4. The molecule has 3 N–H and O–H groups in total. The van der Waals surface area contributed by atoms with Crippen molar-refractivity contribution in [2.45, 2.75) is 12.7 Å². The lowest BCUT2D eigenvalue weighted by Gasteiger charge is -2.13. The van der Waals surface area contributed by atoms with Gasteiger partial charge in [0, 0.05) is 32.7 Å². The Morgan fingerprint density at radius 3 is 2.55 bits per heavy atom. The smallest absolute Gasteiger partial charge is 0.221 e. The van der Waals surface area contributed by atoms with Crippen LogP contribution < -0.4 is 10.5 Å². The van der Waals surface area contributed by atoms with Crippen molar-refractivity contribution in [2.24, 2.45) is 0 Å². The topological polar surface area (TPSA) is 102 Å². The van der Waals surface area contributed by atoms with Gasteiger partial charge in [0.2, 0.25) is 5.95 Å². The van der Waals surface area contributed by atoms with E-state index in [4.69, 9.17) is 15.3 Å². The van der Waals surface area contributed by atoms with E-state index in [2.05, 4.69) is 9.97 Å². The molecule has 2 aromatic carbocycles. The average Bonchev–Trinajstić information content (AvgIpc) is 2.69. The highest BCUT2D eigenvalue weighted by Gasteiger charge is 2.20. The van der Waals surface area contributed by atoms with Crippen LogP contribution in [-0.4, -0.2) is 27.0 Å². The standard InChI is InChI=1S/C20H20F2N4O2S/c1-3-29(24,27)11-12-5-4-6-13(9-12)18-17(22)19(26-20(23)25-18)15-8-7-14(21)10-16(15)28-2/h4-10,24H,3,11H2,1-2H3,(H2,23,25,26). The highest BCUT2D eigenvalue weighted by atomic mass is 32.2. The van der Waals surface area contributed by atoms with E-state index in [0.717, 1.165) is 6.07 Å². The Bertz CT molecular complexity index is 1170. The third kappa shape index (κ3) is 4.51. The molecular formula is C20H20F2N4O2S. The average molecular weight is 418 g/mol. The lowest BCUT2D eigenvalue weighted by molar-refractivity contribution is 0.412. The van der Waals surface area contributed by atoms with Gasteiger partial charge in [-0.1, -0.05) is 25.1 Å².